The van der Waals surface area contributed by atoms with Gasteiger partial charge >= 0.3 is 5.97 Å². The van der Waals surface area contributed by atoms with Gasteiger partial charge in [-0.15, -0.1) is 0 Å². The van der Waals surface area contributed by atoms with E-state index in [2.05, 4.69) is 0 Å². The molecule has 1 aromatic rings. The van der Waals surface area contributed by atoms with E-state index in [9.17, 15) is 13.2 Å². The highest BCUT2D eigenvalue weighted by Crippen LogP contribution is 2.30. The molecule has 0 aromatic heterocycles. The molecule has 112 valence electrons. The van der Waals surface area contributed by atoms with E-state index in [0.29, 0.717) is 6.42 Å². The molecule has 1 aliphatic rings. The van der Waals surface area contributed by atoms with Crippen LogP contribution >= 0.6 is 13.5 Å². The van der Waals surface area contributed by atoms with Crippen molar-refractivity contribution in [3.63, 3.8) is 0 Å². The Bertz CT molecular complexity index is 581. The molecular formula is C14H20O4S2. The van der Waals surface area contributed by atoms with E-state index in [4.69, 9.17) is 4.74 Å². The molecule has 1 aromatic carbocycles. The van der Waals surface area contributed by atoms with Crippen molar-refractivity contribution >= 4 is 29.3 Å². The van der Waals surface area contributed by atoms with Gasteiger partial charge in [0.25, 0.3) is 0 Å². The maximum absolute atomic E-state index is 12.6. The second-order valence-corrected chi connectivity index (χ2v) is 7.03. The Balaban J connectivity index is 0.00000200. The Kier molecular flexibility index (Phi) is 5.65. The molecule has 1 fully saturated rings. The lowest BCUT2D eigenvalue weighted by molar-refractivity contribution is -0.137. The number of hydrogen-bond acceptors (Lipinski definition) is 4. The van der Waals surface area contributed by atoms with Gasteiger partial charge < -0.3 is 4.74 Å². The van der Waals surface area contributed by atoms with Gasteiger partial charge in [-0.1, -0.05) is 25.5 Å². The molecule has 6 heteroatoms. The van der Waals surface area contributed by atoms with Crippen LogP contribution in [0, 0.1) is 12.8 Å². The van der Waals surface area contributed by atoms with Gasteiger partial charge in [-0.25, -0.2) is 8.42 Å². The number of benzene rings is 1. The second-order valence-electron chi connectivity index (χ2n) is 4.96. The van der Waals surface area contributed by atoms with E-state index >= 15 is 0 Å². The molecule has 0 amide bonds. The minimum Gasteiger partial charge on any atom is -0.464 e. The van der Waals surface area contributed by atoms with Crippen molar-refractivity contribution in [1.29, 1.82) is 0 Å². The fourth-order valence-corrected chi connectivity index (χ4v) is 4.43. The fraction of sp³-hybridized carbons (Fsp3) is 0.500. The summed E-state index contributed by atoms with van der Waals surface area (Å²) in [5, 5.41) is -1.05. The molecule has 2 atom stereocenters. The molecule has 1 aliphatic heterocycles. The lowest BCUT2D eigenvalue weighted by Crippen LogP contribution is -2.32. The Morgan fingerprint density at radius 2 is 2.05 bits per heavy atom. The second kappa shape index (κ2) is 6.63. The van der Waals surface area contributed by atoms with Gasteiger partial charge in [0.2, 0.25) is 0 Å². The highest BCUT2D eigenvalue weighted by molar-refractivity contribution is 7.92. The van der Waals surface area contributed by atoms with E-state index in [-0.39, 0.29) is 30.9 Å². The maximum Gasteiger partial charge on any atom is 0.325 e. The smallest absolute Gasteiger partial charge is 0.325 e. The molecule has 4 nitrogen and oxygen atoms in total. The maximum atomic E-state index is 12.6. The van der Waals surface area contributed by atoms with Crippen LogP contribution in [0.15, 0.2) is 29.2 Å². The minimum absolute atomic E-state index is 0. The lowest BCUT2D eigenvalue weighted by atomic mass is 10.0. The first-order chi connectivity index (χ1) is 8.96. The summed E-state index contributed by atoms with van der Waals surface area (Å²) in [5.74, 6) is -0.844. The Labute approximate surface area is 126 Å². The normalized spacial score (nSPS) is 22.2. The van der Waals surface area contributed by atoms with Gasteiger partial charge in [-0.05, 0) is 31.0 Å². The molecule has 1 saturated heterocycles. The summed E-state index contributed by atoms with van der Waals surface area (Å²) in [5.41, 5.74) is 0.861. The first-order valence-electron chi connectivity index (χ1n) is 6.44. The number of hydrogen-bond donors (Lipinski definition) is 0. The minimum atomic E-state index is -3.66. The highest BCUT2D eigenvalue weighted by Gasteiger charge is 2.46. The van der Waals surface area contributed by atoms with Crippen molar-refractivity contribution in [2.75, 3.05) is 6.61 Å². The summed E-state index contributed by atoms with van der Waals surface area (Å²) in [7, 11) is -3.66. The van der Waals surface area contributed by atoms with Crippen LogP contribution in [0.25, 0.3) is 0 Å². The van der Waals surface area contributed by atoms with E-state index < -0.39 is 21.1 Å². The van der Waals surface area contributed by atoms with Crippen molar-refractivity contribution in [2.24, 2.45) is 5.92 Å². The molecule has 1 heterocycles. The number of ether oxygens (including phenoxy) is 1. The van der Waals surface area contributed by atoms with E-state index in [0.717, 1.165) is 12.0 Å². The van der Waals surface area contributed by atoms with Crippen LogP contribution < -0.4 is 0 Å². The van der Waals surface area contributed by atoms with Gasteiger partial charge in [-0.2, -0.15) is 13.5 Å². The number of sulfone groups is 1. The summed E-state index contributed by atoms with van der Waals surface area (Å²) in [6.45, 7) is 4.01. The standard InChI is InChI=1S/C14H18O4S.H2S/c1-3-5-11-9-18-14(15)13(11)19(16,17)12-7-4-6-10(2)8-12;/h4,6-8,11,13H,3,5,9H2,1-2H3;1H2/t11-,13?;/m0./s1. The number of cyclic esters (lactones) is 1. The molecule has 0 radical (unpaired) electrons. The zero-order chi connectivity index (χ0) is 14.0. The van der Waals surface area contributed by atoms with E-state index in [1.165, 1.54) is 6.07 Å². The average Bonchev–Trinajstić information content (AvgIpc) is 2.71. The number of carbonyl (C=O) groups is 1. The number of aryl methyl sites for hydroxylation is 1. The third-order valence-corrected chi connectivity index (χ3v) is 5.57. The Morgan fingerprint density at radius 3 is 2.65 bits per heavy atom. The zero-order valence-corrected chi connectivity index (χ0v) is 13.4. The van der Waals surface area contributed by atoms with Gasteiger partial charge in [0, 0.05) is 5.92 Å². The quantitative estimate of drug-likeness (QED) is 0.799. The van der Waals surface area contributed by atoms with Crippen LogP contribution in [0.4, 0.5) is 0 Å². The predicted molar refractivity (Wildman–Crippen MR) is 81.9 cm³/mol. The first-order valence-corrected chi connectivity index (χ1v) is 7.98. The van der Waals surface area contributed by atoms with Crippen LogP contribution in [0.5, 0.6) is 0 Å². The average molecular weight is 316 g/mol. The van der Waals surface area contributed by atoms with Gasteiger partial charge in [0.05, 0.1) is 11.5 Å². The molecule has 1 unspecified atom stereocenters. The molecule has 0 bridgehead atoms. The summed E-state index contributed by atoms with van der Waals surface area (Å²) >= 11 is 0. The van der Waals surface area contributed by atoms with Gasteiger partial charge in [0.1, 0.15) is 0 Å². The van der Waals surface area contributed by atoms with E-state index in [1.54, 1.807) is 12.1 Å². The van der Waals surface area contributed by atoms with Crippen LogP contribution in [-0.2, 0) is 19.4 Å². The summed E-state index contributed by atoms with van der Waals surface area (Å²) in [6, 6.07) is 6.66. The molecular weight excluding hydrogens is 296 g/mol. The van der Waals surface area contributed by atoms with Crippen LogP contribution in [-0.4, -0.2) is 26.2 Å². The molecule has 2 rings (SSSR count). The van der Waals surface area contributed by atoms with Crippen LogP contribution in [0.1, 0.15) is 25.3 Å². The topological polar surface area (TPSA) is 60.4 Å². The fourth-order valence-electron chi connectivity index (χ4n) is 2.48. The molecule has 0 saturated carbocycles. The lowest BCUT2D eigenvalue weighted by Gasteiger charge is -2.15. The van der Waals surface area contributed by atoms with Crippen LogP contribution in [0.2, 0.25) is 0 Å². The highest BCUT2D eigenvalue weighted by atomic mass is 32.2. The number of rotatable bonds is 4. The van der Waals surface area contributed by atoms with Gasteiger partial charge in [0.15, 0.2) is 15.1 Å². The summed E-state index contributed by atoms with van der Waals surface area (Å²) in [6.07, 6.45) is 1.52. The van der Waals surface area contributed by atoms with Crippen molar-refractivity contribution in [1.82, 2.24) is 0 Å². The first kappa shape index (κ1) is 17.0. The zero-order valence-electron chi connectivity index (χ0n) is 11.6. The largest absolute Gasteiger partial charge is 0.464 e. The third kappa shape index (κ3) is 3.17. The number of carbonyl (C=O) groups excluding carboxylic acids is 1. The summed E-state index contributed by atoms with van der Waals surface area (Å²) < 4.78 is 30.1. The van der Waals surface area contributed by atoms with Crippen molar-refractivity contribution in [3.8, 4) is 0 Å². The Morgan fingerprint density at radius 1 is 1.35 bits per heavy atom. The molecule has 0 aliphatic carbocycles. The van der Waals surface area contributed by atoms with Crippen LogP contribution in [0.3, 0.4) is 0 Å². The molecule has 0 spiro atoms. The van der Waals surface area contributed by atoms with Crippen molar-refractivity contribution < 1.29 is 17.9 Å². The summed E-state index contributed by atoms with van der Waals surface area (Å²) in [4.78, 5) is 12.0. The van der Waals surface area contributed by atoms with Gasteiger partial charge in [-0.3, -0.25) is 4.79 Å². The SMILES string of the molecule is CCC[C@H]1COC(=O)C1S(=O)(=O)c1cccc(C)c1.S. The van der Waals surface area contributed by atoms with Crippen molar-refractivity contribution in [3.05, 3.63) is 29.8 Å². The number of esters is 1. The van der Waals surface area contributed by atoms with E-state index in [1.807, 2.05) is 19.9 Å². The molecule has 0 N–H and O–H groups in total. The third-order valence-electron chi connectivity index (χ3n) is 3.41. The molecule has 20 heavy (non-hydrogen) atoms. The van der Waals surface area contributed by atoms with Crippen molar-refractivity contribution in [2.45, 2.75) is 36.8 Å². The monoisotopic (exact) mass is 316 g/mol. The predicted octanol–water partition coefficient (Wildman–Crippen LogP) is 2.22. The Hall–Kier alpha value is -1.01.